The topological polar surface area (TPSA) is 54.0 Å². The number of anilines is 2. The highest BCUT2D eigenvalue weighted by Gasteiger charge is 2.12. The van der Waals surface area contributed by atoms with Crippen LogP contribution < -0.4 is 10.6 Å². The average molecular weight is 352 g/mol. The van der Waals surface area contributed by atoms with Crippen LogP contribution >= 0.6 is 11.6 Å². The Balaban J connectivity index is 1.71. The van der Waals surface area contributed by atoms with E-state index in [1.807, 2.05) is 55.5 Å². The molecule has 5 heteroatoms. The Labute approximate surface area is 151 Å². The Morgan fingerprint density at radius 1 is 1.00 bits per heavy atom. The van der Waals surface area contributed by atoms with Crippen molar-refractivity contribution in [1.82, 2.24) is 10.3 Å². The molecule has 0 aliphatic heterocycles. The summed E-state index contributed by atoms with van der Waals surface area (Å²) in [6, 6.07) is 18.9. The molecule has 0 aliphatic carbocycles. The highest BCUT2D eigenvalue weighted by Crippen LogP contribution is 2.20. The molecule has 0 radical (unpaired) electrons. The predicted octanol–water partition coefficient (Wildman–Crippen LogP) is 4.97. The maximum atomic E-state index is 12.5. The summed E-state index contributed by atoms with van der Waals surface area (Å²) in [5.41, 5.74) is 3.11. The van der Waals surface area contributed by atoms with Gasteiger partial charge in [0.15, 0.2) is 0 Å². The van der Waals surface area contributed by atoms with Gasteiger partial charge in [-0.15, -0.1) is 0 Å². The van der Waals surface area contributed by atoms with Crippen molar-refractivity contribution in [3.63, 3.8) is 0 Å². The third-order valence-electron chi connectivity index (χ3n) is 3.76. The van der Waals surface area contributed by atoms with E-state index in [9.17, 15) is 4.79 Å². The molecule has 1 unspecified atom stereocenters. The Morgan fingerprint density at radius 2 is 1.80 bits per heavy atom. The van der Waals surface area contributed by atoms with Crippen LogP contribution in [0.4, 0.5) is 11.4 Å². The molecule has 2 aromatic carbocycles. The number of benzene rings is 2. The number of pyridine rings is 1. The molecule has 0 bridgehead atoms. The summed E-state index contributed by atoms with van der Waals surface area (Å²) in [5, 5.41) is 6.83. The molecular formula is C20H18ClN3O. The molecule has 0 fully saturated rings. The summed E-state index contributed by atoms with van der Waals surface area (Å²) in [6.07, 6.45) is 3.22. The summed E-state index contributed by atoms with van der Waals surface area (Å²) in [4.78, 5) is 16.6. The summed E-state index contributed by atoms with van der Waals surface area (Å²) in [7, 11) is 0. The lowest BCUT2D eigenvalue weighted by Crippen LogP contribution is -2.26. The van der Waals surface area contributed by atoms with Crippen molar-refractivity contribution in [2.24, 2.45) is 0 Å². The van der Waals surface area contributed by atoms with Gasteiger partial charge in [0.2, 0.25) is 0 Å². The van der Waals surface area contributed by atoms with Crippen molar-refractivity contribution < 1.29 is 4.79 Å². The Bertz CT molecular complexity index is 868. The van der Waals surface area contributed by atoms with Gasteiger partial charge in [0, 0.05) is 16.9 Å². The minimum Gasteiger partial charge on any atom is -0.354 e. The van der Waals surface area contributed by atoms with Crippen LogP contribution in [0.2, 0.25) is 5.02 Å². The van der Waals surface area contributed by atoms with Gasteiger partial charge in [-0.25, -0.2) is 0 Å². The normalized spacial score (nSPS) is 11.6. The number of rotatable bonds is 5. The first kappa shape index (κ1) is 17.0. The summed E-state index contributed by atoms with van der Waals surface area (Å²) in [5.74, 6) is -0.168. The molecular weight excluding hydrogens is 334 g/mol. The van der Waals surface area contributed by atoms with Crippen LogP contribution in [0.1, 0.15) is 28.9 Å². The molecule has 1 heterocycles. The molecule has 3 rings (SSSR count). The highest BCUT2D eigenvalue weighted by atomic mass is 35.5. The van der Waals surface area contributed by atoms with Crippen molar-refractivity contribution in [3.05, 3.63) is 89.2 Å². The number of carbonyl (C=O) groups is 1. The summed E-state index contributed by atoms with van der Waals surface area (Å²) < 4.78 is 0. The predicted molar refractivity (Wildman–Crippen MR) is 101 cm³/mol. The lowest BCUT2D eigenvalue weighted by molar-refractivity contribution is 0.0939. The number of amides is 1. The van der Waals surface area contributed by atoms with Gasteiger partial charge < -0.3 is 10.6 Å². The third kappa shape index (κ3) is 4.58. The summed E-state index contributed by atoms with van der Waals surface area (Å²) >= 11 is 5.99. The van der Waals surface area contributed by atoms with Gasteiger partial charge in [0.05, 0.1) is 23.5 Å². The van der Waals surface area contributed by atoms with Gasteiger partial charge in [0.25, 0.3) is 5.91 Å². The van der Waals surface area contributed by atoms with E-state index in [-0.39, 0.29) is 11.9 Å². The molecule has 4 nitrogen and oxygen atoms in total. The van der Waals surface area contributed by atoms with Crippen molar-refractivity contribution in [3.8, 4) is 0 Å². The van der Waals surface area contributed by atoms with E-state index in [0.717, 1.165) is 16.9 Å². The van der Waals surface area contributed by atoms with E-state index in [4.69, 9.17) is 11.6 Å². The first-order valence-electron chi connectivity index (χ1n) is 7.95. The fourth-order valence-electron chi connectivity index (χ4n) is 2.47. The second-order valence-corrected chi connectivity index (χ2v) is 6.14. The minimum atomic E-state index is -0.168. The molecule has 1 atom stereocenters. The second kappa shape index (κ2) is 7.81. The zero-order chi connectivity index (χ0) is 17.6. The van der Waals surface area contributed by atoms with Gasteiger partial charge >= 0.3 is 0 Å². The van der Waals surface area contributed by atoms with E-state index < -0.39 is 0 Å². The molecule has 25 heavy (non-hydrogen) atoms. The number of hydrogen-bond donors (Lipinski definition) is 2. The van der Waals surface area contributed by atoms with Gasteiger partial charge in [-0.2, -0.15) is 0 Å². The highest BCUT2D eigenvalue weighted by molar-refractivity contribution is 6.30. The van der Waals surface area contributed by atoms with Crippen LogP contribution in [-0.2, 0) is 0 Å². The number of carbonyl (C=O) groups excluding carboxylic acids is 1. The van der Waals surface area contributed by atoms with Crippen LogP contribution in [0, 0.1) is 0 Å². The van der Waals surface area contributed by atoms with Gasteiger partial charge in [-0.1, -0.05) is 48.0 Å². The van der Waals surface area contributed by atoms with Crippen molar-refractivity contribution in [2.75, 3.05) is 5.32 Å². The first-order valence-corrected chi connectivity index (χ1v) is 8.33. The molecule has 126 valence electrons. The van der Waals surface area contributed by atoms with Crippen molar-refractivity contribution >= 4 is 28.9 Å². The number of aromatic nitrogens is 1. The standard InChI is InChI=1S/C20H18ClN3O/c1-14(15-6-3-2-4-7-15)23-20(25)16-10-19(13-22-12-16)24-18-9-5-8-17(21)11-18/h2-14,24H,1H3,(H,23,25). The quantitative estimate of drug-likeness (QED) is 0.682. The molecule has 2 N–H and O–H groups in total. The largest absolute Gasteiger partial charge is 0.354 e. The van der Waals surface area contributed by atoms with Crippen LogP contribution in [0.5, 0.6) is 0 Å². The van der Waals surface area contributed by atoms with Crippen LogP contribution in [0.25, 0.3) is 0 Å². The molecule has 1 amide bonds. The number of nitrogens with one attached hydrogen (secondary N) is 2. The Kier molecular flexibility index (Phi) is 5.31. The molecule has 0 aliphatic rings. The minimum absolute atomic E-state index is 0.0850. The summed E-state index contributed by atoms with van der Waals surface area (Å²) in [6.45, 7) is 1.95. The van der Waals surface area contributed by atoms with Crippen LogP contribution in [0.3, 0.4) is 0 Å². The SMILES string of the molecule is CC(NC(=O)c1cncc(Nc2cccc(Cl)c2)c1)c1ccccc1. The van der Waals surface area contributed by atoms with Gasteiger partial charge in [-0.3, -0.25) is 9.78 Å². The lowest BCUT2D eigenvalue weighted by atomic mass is 10.1. The third-order valence-corrected chi connectivity index (χ3v) is 4.00. The van der Waals surface area contributed by atoms with E-state index >= 15 is 0 Å². The fourth-order valence-corrected chi connectivity index (χ4v) is 2.66. The zero-order valence-corrected chi connectivity index (χ0v) is 14.5. The van der Waals surface area contributed by atoms with Crippen molar-refractivity contribution in [1.29, 1.82) is 0 Å². The number of nitrogens with zero attached hydrogens (tertiary/aromatic N) is 1. The van der Waals surface area contributed by atoms with Gasteiger partial charge in [-0.05, 0) is 36.8 Å². The van der Waals surface area contributed by atoms with Crippen LogP contribution in [0.15, 0.2) is 73.1 Å². The van der Waals surface area contributed by atoms with Crippen LogP contribution in [-0.4, -0.2) is 10.9 Å². The second-order valence-electron chi connectivity index (χ2n) is 5.70. The van der Waals surface area contributed by atoms with E-state index in [0.29, 0.717) is 10.6 Å². The molecule has 0 saturated carbocycles. The zero-order valence-electron chi connectivity index (χ0n) is 13.7. The van der Waals surface area contributed by atoms with E-state index in [1.165, 1.54) is 0 Å². The molecule has 0 saturated heterocycles. The molecule has 3 aromatic rings. The molecule has 0 spiro atoms. The number of halogens is 1. The smallest absolute Gasteiger partial charge is 0.253 e. The Morgan fingerprint density at radius 3 is 2.56 bits per heavy atom. The fraction of sp³-hybridized carbons (Fsp3) is 0.100. The average Bonchev–Trinajstić information content (AvgIpc) is 2.62. The molecule has 1 aromatic heterocycles. The monoisotopic (exact) mass is 351 g/mol. The maximum absolute atomic E-state index is 12.5. The van der Waals surface area contributed by atoms with Gasteiger partial charge in [0.1, 0.15) is 0 Å². The number of hydrogen-bond acceptors (Lipinski definition) is 3. The lowest BCUT2D eigenvalue weighted by Gasteiger charge is -2.14. The van der Waals surface area contributed by atoms with E-state index in [1.54, 1.807) is 24.5 Å². The first-order chi connectivity index (χ1) is 12.1. The maximum Gasteiger partial charge on any atom is 0.253 e. The van der Waals surface area contributed by atoms with E-state index in [2.05, 4.69) is 15.6 Å². The van der Waals surface area contributed by atoms with Crippen molar-refractivity contribution in [2.45, 2.75) is 13.0 Å². The Hall–Kier alpha value is -2.85.